The summed E-state index contributed by atoms with van der Waals surface area (Å²) < 4.78 is 4.85. The van der Waals surface area contributed by atoms with Gasteiger partial charge in [-0.25, -0.2) is 0 Å². The van der Waals surface area contributed by atoms with Gasteiger partial charge in [-0.05, 0) is 13.3 Å². The molecule has 0 aromatic heterocycles. The summed E-state index contributed by atoms with van der Waals surface area (Å²) in [5, 5.41) is 0. The molecule has 0 aliphatic rings. The molecule has 3 heteroatoms. The third kappa shape index (κ3) is 7.41. The van der Waals surface area contributed by atoms with Crippen molar-refractivity contribution in [2.75, 3.05) is 13.2 Å². The van der Waals surface area contributed by atoms with Crippen LogP contribution in [0.15, 0.2) is 0 Å². The SMILES string of the molecule is CCCCC(=O)COCC(C)=O. The van der Waals surface area contributed by atoms with Gasteiger partial charge in [0.05, 0.1) is 0 Å². The number of carbonyl (C=O) groups excluding carboxylic acids is 2. The van der Waals surface area contributed by atoms with Crippen molar-refractivity contribution in [2.24, 2.45) is 0 Å². The summed E-state index contributed by atoms with van der Waals surface area (Å²) in [6, 6.07) is 0. The Hall–Kier alpha value is -0.700. The first kappa shape index (κ1) is 11.3. The molecule has 0 aliphatic carbocycles. The van der Waals surface area contributed by atoms with E-state index in [1.165, 1.54) is 6.92 Å². The van der Waals surface area contributed by atoms with Gasteiger partial charge in [-0.15, -0.1) is 0 Å². The van der Waals surface area contributed by atoms with Crippen LogP contribution in [0, 0.1) is 0 Å². The zero-order valence-electron chi connectivity index (χ0n) is 7.76. The minimum absolute atomic E-state index is 0.0432. The number of rotatable bonds is 7. The van der Waals surface area contributed by atoms with E-state index >= 15 is 0 Å². The fraction of sp³-hybridized carbons (Fsp3) is 0.778. The Kier molecular flexibility index (Phi) is 6.57. The van der Waals surface area contributed by atoms with Gasteiger partial charge in [-0.2, -0.15) is 0 Å². The highest BCUT2D eigenvalue weighted by Gasteiger charge is 2.01. The molecule has 0 unspecified atom stereocenters. The average Bonchev–Trinajstić information content (AvgIpc) is 2.00. The molecule has 0 radical (unpaired) electrons. The van der Waals surface area contributed by atoms with Crippen LogP contribution in [0.2, 0.25) is 0 Å². The summed E-state index contributed by atoms with van der Waals surface area (Å²) in [5.41, 5.74) is 0. The highest BCUT2D eigenvalue weighted by molar-refractivity contribution is 5.80. The van der Waals surface area contributed by atoms with Crippen molar-refractivity contribution in [3.8, 4) is 0 Å². The van der Waals surface area contributed by atoms with Crippen LogP contribution in [-0.2, 0) is 14.3 Å². The van der Waals surface area contributed by atoms with E-state index < -0.39 is 0 Å². The summed E-state index contributed by atoms with van der Waals surface area (Å²) in [6.07, 6.45) is 2.48. The predicted octanol–water partition coefficient (Wildman–Crippen LogP) is 1.35. The molecule has 0 aromatic carbocycles. The second kappa shape index (κ2) is 6.98. The Morgan fingerprint density at radius 2 is 1.92 bits per heavy atom. The van der Waals surface area contributed by atoms with Gasteiger partial charge < -0.3 is 4.74 Å². The number of hydrogen-bond donors (Lipinski definition) is 0. The largest absolute Gasteiger partial charge is 0.366 e. The van der Waals surface area contributed by atoms with Crippen LogP contribution in [0.1, 0.15) is 33.1 Å². The van der Waals surface area contributed by atoms with Crippen LogP contribution >= 0.6 is 0 Å². The molecule has 0 aliphatic heterocycles. The third-order valence-electron chi connectivity index (χ3n) is 1.38. The van der Waals surface area contributed by atoms with Crippen molar-refractivity contribution in [2.45, 2.75) is 33.1 Å². The predicted molar refractivity (Wildman–Crippen MR) is 46.0 cm³/mol. The lowest BCUT2D eigenvalue weighted by molar-refractivity contribution is -0.127. The van der Waals surface area contributed by atoms with Gasteiger partial charge in [-0.3, -0.25) is 9.59 Å². The maximum atomic E-state index is 10.9. The Morgan fingerprint density at radius 3 is 2.42 bits per heavy atom. The van der Waals surface area contributed by atoms with Crippen molar-refractivity contribution in [3.63, 3.8) is 0 Å². The Labute approximate surface area is 73.1 Å². The highest BCUT2D eigenvalue weighted by Crippen LogP contribution is 1.95. The van der Waals surface area contributed by atoms with Crippen molar-refractivity contribution in [1.29, 1.82) is 0 Å². The smallest absolute Gasteiger partial charge is 0.158 e. The zero-order valence-corrected chi connectivity index (χ0v) is 7.76. The second-order valence-corrected chi connectivity index (χ2v) is 2.84. The number of ketones is 2. The molecule has 0 atom stereocenters. The van der Waals surface area contributed by atoms with E-state index in [0.29, 0.717) is 6.42 Å². The number of ether oxygens (including phenoxy) is 1. The average molecular weight is 172 g/mol. The number of unbranched alkanes of at least 4 members (excludes halogenated alkanes) is 1. The van der Waals surface area contributed by atoms with Crippen LogP contribution in [0.3, 0.4) is 0 Å². The van der Waals surface area contributed by atoms with E-state index in [4.69, 9.17) is 4.74 Å². The van der Waals surface area contributed by atoms with Crippen molar-refractivity contribution >= 4 is 11.6 Å². The van der Waals surface area contributed by atoms with E-state index in [1.807, 2.05) is 6.92 Å². The quantitative estimate of drug-likeness (QED) is 0.582. The molecule has 0 bridgehead atoms. The summed E-state index contributed by atoms with van der Waals surface area (Å²) >= 11 is 0. The van der Waals surface area contributed by atoms with Gasteiger partial charge in [0.1, 0.15) is 13.2 Å². The van der Waals surface area contributed by atoms with Crippen molar-refractivity contribution in [3.05, 3.63) is 0 Å². The topological polar surface area (TPSA) is 43.4 Å². The van der Waals surface area contributed by atoms with Crippen LogP contribution < -0.4 is 0 Å². The van der Waals surface area contributed by atoms with E-state index in [9.17, 15) is 9.59 Å². The molecule has 0 heterocycles. The monoisotopic (exact) mass is 172 g/mol. The van der Waals surface area contributed by atoms with Crippen molar-refractivity contribution < 1.29 is 14.3 Å². The number of carbonyl (C=O) groups is 2. The maximum Gasteiger partial charge on any atom is 0.158 e. The van der Waals surface area contributed by atoms with Gasteiger partial charge >= 0.3 is 0 Å². The van der Waals surface area contributed by atoms with Crippen LogP contribution in [0.5, 0.6) is 0 Å². The van der Waals surface area contributed by atoms with E-state index in [2.05, 4.69) is 0 Å². The third-order valence-corrected chi connectivity index (χ3v) is 1.38. The van der Waals surface area contributed by atoms with Crippen LogP contribution in [-0.4, -0.2) is 24.8 Å². The Morgan fingerprint density at radius 1 is 1.25 bits per heavy atom. The fourth-order valence-electron chi connectivity index (χ4n) is 0.755. The molecule has 0 amide bonds. The lowest BCUT2D eigenvalue weighted by Gasteiger charge is -1.99. The molecular weight excluding hydrogens is 156 g/mol. The molecule has 0 spiro atoms. The minimum Gasteiger partial charge on any atom is -0.366 e. The lowest BCUT2D eigenvalue weighted by atomic mass is 10.2. The standard InChI is InChI=1S/C9H16O3/c1-3-4-5-9(11)7-12-6-8(2)10/h3-7H2,1-2H3. The summed E-state index contributed by atoms with van der Waals surface area (Å²) in [6.45, 7) is 3.61. The maximum absolute atomic E-state index is 10.9. The minimum atomic E-state index is -0.0432. The summed E-state index contributed by atoms with van der Waals surface area (Å²) in [4.78, 5) is 21.4. The molecule has 0 N–H and O–H groups in total. The first-order valence-corrected chi connectivity index (χ1v) is 4.25. The molecule has 0 saturated heterocycles. The molecule has 0 fully saturated rings. The molecule has 0 saturated carbocycles. The molecule has 0 rings (SSSR count). The first-order valence-electron chi connectivity index (χ1n) is 4.25. The van der Waals surface area contributed by atoms with E-state index in [1.54, 1.807) is 0 Å². The molecule has 12 heavy (non-hydrogen) atoms. The van der Waals surface area contributed by atoms with Gasteiger partial charge in [0.25, 0.3) is 0 Å². The number of Topliss-reactive ketones (excluding diaryl/α,β-unsaturated/α-hetero) is 2. The molecule has 0 aromatic rings. The van der Waals surface area contributed by atoms with E-state index in [0.717, 1.165) is 12.8 Å². The van der Waals surface area contributed by atoms with Crippen molar-refractivity contribution in [1.82, 2.24) is 0 Å². The molecule has 70 valence electrons. The number of hydrogen-bond acceptors (Lipinski definition) is 3. The zero-order chi connectivity index (χ0) is 9.40. The summed E-state index contributed by atoms with van der Waals surface area (Å²) in [7, 11) is 0. The van der Waals surface area contributed by atoms with Gasteiger partial charge in [-0.1, -0.05) is 13.3 Å². The molecular formula is C9H16O3. The van der Waals surface area contributed by atoms with E-state index in [-0.39, 0.29) is 24.8 Å². The highest BCUT2D eigenvalue weighted by atomic mass is 16.5. The van der Waals surface area contributed by atoms with Gasteiger partial charge in [0, 0.05) is 6.42 Å². The lowest BCUT2D eigenvalue weighted by Crippen LogP contribution is -2.12. The Bertz CT molecular complexity index is 152. The van der Waals surface area contributed by atoms with Gasteiger partial charge in [0.15, 0.2) is 11.6 Å². The van der Waals surface area contributed by atoms with Gasteiger partial charge in [0.2, 0.25) is 0 Å². The summed E-state index contributed by atoms with van der Waals surface area (Å²) in [5.74, 6) is 0.0383. The second-order valence-electron chi connectivity index (χ2n) is 2.84. The normalized spacial score (nSPS) is 9.83. The molecule has 3 nitrogen and oxygen atoms in total. The fourth-order valence-corrected chi connectivity index (χ4v) is 0.755. The van der Waals surface area contributed by atoms with Crippen LogP contribution in [0.4, 0.5) is 0 Å². The van der Waals surface area contributed by atoms with Crippen LogP contribution in [0.25, 0.3) is 0 Å². The Balaban J connectivity index is 3.25. The first-order chi connectivity index (χ1) is 5.66.